The van der Waals surface area contributed by atoms with Crippen LogP contribution in [0.4, 0.5) is 4.79 Å². The van der Waals surface area contributed by atoms with Crippen LogP contribution in [0.5, 0.6) is 0 Å². The first-order chi connectivity index (χ1) is 8.78. The lowest BCUT2D eigenvalue weighted by molar-refractivity contribution is -0.141. The van der Waals surface area contributed by atoms with Gasteiger partial charge in [-0.25, -0.2) is 4.79 Å². The summed E-state index contributed by atoms with van der Waals surface area (Å²) < 4.78 is 1.62. The molecule has 0 radical (unpaired) electrons. The van der Waals surface area contributed by atoms with Crippen molar-refractivity contribution in [3.63, 3.8) is 0 Å². The normalized spacial score (nSPS) is 13.6. The second-order valence-electron chi connectivity index (χ2n) is 4.58. The first-order valence-corrected chi connectivity index (χ1v) is 5.73. The van der Waals surface area contributed by atoms with Gasteiger partial charge in [-0.1, -0.05) is 0 Å². The average molecular weight is 270 g/mol. The topological polar surface area (TPSA) is 116 Å². The highest BCUT2D eigenvalue weighted by Crippen LogP contribution is 2.07. The number of carbonyl (C=O) groups excluding carboxylic acids is 1. The maximum Gasteiger partial charge on any atom is 0.315 e. The van der Waals surface area contributed by atoms with Crippen molar-refractivity contribution in [2.75, 3.05) is 6.54 Å². The Hall–Kier alpha value is -2.09. The van der Waals surface area contributed by atoms with Gasteiger partial charge in [-0.05, 0) is 13.0 Å². The van der Waals surface area contributed by atoms with Crippen molar-refractivity contribution in [2.45, 2.75) is 25.5 Å². The summed E-state index contributed by atoms with van der Waals surface area (Å²) in [5.41, 5.74) is -0.774. The van der Waals surface area contributed by atoms with Crippen molar-refractivity contribution in [2.24, 2.45) is 7.05 Å². The quantitative estimate of drug-likeness (QED) is 0.553. The van der Waals surface area contributed by atoms with E-state index in [9.17, 15) is 14.7 Å². The molecule has 0 fully saturated rings. The summed E-state index contributed by atoms with van der Waals surface area (Å²) in [6.45, 7) is 1.46. The molecule has 4 N–H and O–H groups in total. The van der Waals surface area contributed by atoms with Crippen LogP contribution in [0, 0.1) is 0 Å². The SMILES string of the molecule is Cn1ccc(CNC(=O)NCC(C)(O)CC(=O)O)n1. The van der Waals surface area contributed by atoms with Crippen molar-refractivity contribution in [1.82, 2.24) is 20.4 Å². The van der Waals surface area contributed by atoms with Crippen LogP contribution in [0.2, 0.25) is 0 Å². The molecule has 2 amide bonds. The van der Waals surface area contributed by atoms with Gasteiger partial charge in [0.25, 0.3) is 0 Å². The molecule has 1 aromatic rings. The summed E-state index contributed by atoms with van der Waals surface area (Å²) in [4.78, 5) is 21.9. The van der Waals surface area contributed by atoms with Gasteiger partial charge in [0, 0.05) is 19.8 Å². The van der Waals surface area contributed by atoms with Crippen molar-refractivity contribution >= 4 is 12.0 Å². The van der Waals surface area contributed by atoms with Gasteiger partial charge in [0.15, 0.2) is 0 Å². The van der Waals surface area contributed by atoms with E-state index in [0.29, 0.717) is 5.69 Å². The van der Waals surface area contributed by atoms with E-state index in [2.05, 4.69) is 15.7 Å². The minimum Gasteiger partial charge on any atom is -0.481 e. The number of aliphatic hydroxyl groups is 1. The van der Waals surface area contributed by atoms with E-state index in [-0.39, 0.29) is 13.1 Å². The number of urea groups is 1. The number of carbonyl (C=O) groups is 2. The number of hydrogen-bond donors (Lipinski definition) is 4. The van der Waals surface area contributed by atoms with Gasteiger partial charge in [0.2, 0.25) is 0 Å². The number of carboxylic acids is 1. The number of rotatable bonds is 6. The summed E-state index contributed by atoms with van der Waals surface area (Å²) in [5.74, 6) is -1.12. The molecule has 106 valence electrons. The highest BCUT2D eigenvalue weighted by atomic mass is 16.4. The molecule has 1 unspecified atom stereocenters. The summed E-state index contributed by atoms with van der Waals surface area (Å²) >= 11 is 0. The molecule has 1 aromatic heterocycles. The summed E-state index contributed by atoms with van der Waals surface area (Å²) in [6, 6.07) is 1.28. The molecule has 0 spiro atoms. The molecular formula is C11H18N4O4. The highest BCUT2D eigenvalue weighted by Gasteiger charge is 2.24. The second kappa shape index (κ2) is 6.19. The van der Waals surface area contributed by atoms with E-state index in [1.807, 2.05) is 0 Å². The molecule has 0 aliphatic heterocycles. The Morgan fingerprint density at radius 2 is 2.16 bits per heavy atom. The molecule has 0 saturated carbocycles. The third kappa shape index (κ3) is 5.87. The van der Waals surface area contributed by atoms with Crippen molar-refractivity contribution in [3.05, 3.63) is 18.0 Å². The molecular weight excluding hydrogens is 252 g/mol. The van der Waals surface area contributed by atoms with Crippen LogP contribution in [0.15, 0.2) is 12.3 Å². The number of nitrogens with one attached hydrogen (secondary N) is 2. The second-order valence-corrected chi connectivity index (χ2v) is 4.58. The predicted molar refractivity (Wildman–Crippen MR) is 66.3 cm³/mol. The summed E-state index contributed by atoms with van der Waals surface area (Å²) in [6.07, 6.45) is 1.32. The predicted octanol–water partition coefficient (Wildman–Crippen LogP) is -0.555. The Kier molecular flexibility index (Phi) is 4.87. The van der Waals surface area contributed by atoms with E-state index in [4.69, 9.17) is 5.11 Å². The molecule has 0 aromatic carbocycles. The van der Waals surface area contributed by atoms with E-state index < -0.39 is 24.0 Å². The van der Waals surface area contributed by atoms with Gasteiger partial charge in [0.05, 0.1) is 24.3 Å². The van der Waals surface area contributed by atoms with Gasteiger partial charge < -0.3 is 20.8 Å². The smallest absolute Gasteiger partial charge is 0.315 e. The van der Waals surface area contributed by atoms with Crippen LogP contribution in [0.1, 0.15) is 19.0 Å². The number of aromatic nitrogens is 2. The van der Waals surface area contributed by atoms with E-state index in [1.54, 1.807) is 24.0 Å². The zero-order valence-corrected chi connectivity index (χ0v) is 10.9. The fraction of sp³-hybridized carbons (Fsp3) is 0.545. The van der Waals surface area contributed by atoms with Gasteiger partial charge in [0.1, 0.15) is 0 Å². The minimum atomic E-state index is -1.48. The highest BCUT2D eigenvalue weighted by molar-refractivity contribution is 5.74. The lowest BCUT2D eigenvalue weighted by Crippen LogP contribution is -2.45. The molecule has 0 bridgehead atoms. The van der Waals surface area contributed by atoms with Gasteiger partial charge >= 0.3 is 12.0 Å². The van der Waals surface area contributed by atoms with Crippen molar-refractivity contribution in [1.29, 1.82) is 0 Å². The monoisotopic (exact) mass is 270 g/mol. The molecule has 1 atom stereocenters. The van der Waals surface area contributed by atoms with Crippen LogP contribution >= 0.6 is 0 Å². The first kappa shape index (κ1) is 15.0. The van der Waals surface area contributed by atoms with E-state index in [1.165, 1.54) is 6.92 Å². The molecule has 8 heteroatoms. The Bertz CT molecular complexity index is 455. The maximum absolute atomic E-state index is 11.4. The summed E-state index contributed by atoms with van der Waals surface area (Å²) in [5, 5.41) is 27.3. The minimum absolute atomic E-state index is 0.145. The molecule has 0 aliphatic rings. The third-order valence-electron chi connectivity index (χ3n) is 2.36. The first-order valence-electron chi connectivity index (χ1n) is 5.73. The Balaban J connectivity index is 2.30. The van der Waals surface area contributed by atoms with Crippen LogP contribution in [0.25, 0.3) is 0 Å². The number of nitrogens with zero attached hydrogens (tertiary/aromatic N) is 2. The van der Waals surface area contributed by atoms with Crippen LogP contribution in [-0.4, -0.2) is 44.1 Å². The Morgan fingerprint density at radius 3 is 2.68 bits per heavy atom. The van der Waals surface area contributed by atoms with Crippen LogP contribution < -0.4 is 10.6 Å². The van der Waals surface area contributed by atoms with E-state index >= 15 is 0 Å². The maximum atomic E-state index is 11.4. The fourth-order valence-electron chi connectivity index (χ4n) is 1.45. The van der Waals surface area contributed by atoms with Crippen LogP contribution in [0.3, 0.4) is 0 Å². The number of hydrogen-bond acceptors (Lipinski definition) is 4. The lowest BCUT2D eigenvalue weighted by Gasteiger charge is -2.21. The molecule has 1 heterocycles. The van der Waals surface area contributed by atoms with Crippen LogP contribution in [-0.2, 0) is 18.4 Å². The molecule has 19 heavy (non-hydrogen) atoms. The van der Waals surface area contributed by atoms with Gasteiger partial charge in [-0.3, -0.25) is 9.48 Å². The van der Waals surface area contributed by atoms with Gasteiger partial charge in [-0.2, -0.15) is 5.10 Å². The average Bonchev–Trinajstić information content (AvgIpc) is 2.68. The molecule has 8 nitrogen and oxygen atoms in total. The standard InChI is InChI=1S/C11H18N4O4/c1-11(19,5-9(16)17)7-13-10(18)12-6-8-3-4-15(2)14-8/h3-4,19H,5-7H2,1-2H3,(H,16,17)(H2,12,13,18). The fourth-order valence-corrected chi connectivity index (χ4v) is 1.45. The summed E-state index contributed by atoms with van der Waals surface area (Å²) in [7, 11) is 1.77. The zero-order chi connectivity index (χ0) is 14.5. The number of amides is 2. The number of aliphatic carboxylic acids is 1. The number of carboxylic acid groups (broad SMARTS) is 1. The lowest BCUT2D eigenvalue weighted by atomic mass is 10.0. The third-order valence-corrected chi connectivity index (χ3v) is 2.36. The largest absolute Gasteiger partial charge is 0.481 e. The van der Waals surface area contributed by atoms with Crippen molar-refractivity contribution < 1.29 is 19.8 Å². The zero-order valence-electron chi connectivity index (χ0n) is 10.9. The van der Waals surface area contributed by atoms with Gasteiger partial charge in [-0.15, -0.1) is 0 Å². The van der Waals surface area contributed by atoms with E-state index in [0.717, 1.165) is 0 Å². The molecule has 0 saturated heterocycles. The Labute approximate surface area is 110 Å². The molecule has 1 rings (SSSR count). The molecule has 0 aliphatic carbocycles. The Morgan fingerprint density at radius 1 is 1.47 bits per heavy atom. The van der Waals surface area contributed by atoms with Crippen molar-refractivity contribution in [3.8, 4) is 0 Å². The number of aryl methyl sites for hydroxylation is 1.